The number of nitrogens with two attached hydrogens (primary N) is 1. The summed E-state index contributed by atoms with van der Waals surface area (Å²) < 4.78 is 74.3. The smallest absolute Gasteiger partial charge is 0.418 e. The second-order valence-corrected chi connectivity index (χ2v) is 15.4. The Hall–Kier alpha value is -4.68. The van der Waals surface area contributed by atoms with Gasteiger partial charge in [0.05, 0.1) is 47.4 Å². The van der Waals surface area contributed by atoms with Crippen LogP contribution in [0.25, 0.3) is 0 Å². The molecule has 0 bridgehead atoms. The first-order valence-electron chi connectivity index (χ1n) is 18.5. The molecule has 4 aliphatic heterocycles. The number of ether oxygens (including phenoxy) is 2. The molecule has 2 saturated heterocycles. The van der Waals surface area contributed by atoms with Crippen molar-refractivity contribution in [2.45, 2.75) is 95.3 Å². The molecule has 1 amide bonds. The van der Waals surface area contributed by atoms with Gasteiger partial charge in [-0.15, -0.1) is 5.92 Å². The van der Waals surface area contributed by atoms with Gasteiger partial charge in [0.15, 0.2) is 11.5 Å². The number of hydrogen-bond acceptors (Lipinski definition) is 9. The van der Waals surface area contributed by atoms with E-state index in [0.717, 1.165) is 68.1 Å². The Bertz CT molecular complexity index is 2100. The predicted octanol–water partition coefficient (Wildman–Crippen LogP) is 5.76. The molecule has 0 spiro atoms. The topological polar surface area (TPSA) is 115 Å². The molecular weight excluding hydrogens is 704 g/mol. The van der Waals surface area contributed by atoms with Crippen molar-refractivity contribution in [2.75, 3.05) is 51.0 Å². The molecule has 8 rings (SSSR count). The molecule has 5 aliphatic rings. The van der Waals surface area contributed by atoms with E-state index in [1.54, 1.807) is 19.0 Å². The molecule has 2 N–H and O–H groups in total. The van der Waals surface area contributed by atoms with E-state index in [4.69, 9.17) is 30.3 Å². The van der Waals surface area contributed by atoms with E-state index in [2.05, 4.69) is 28.2 Å². The Balaban J connectivity index is 1.21. The van der Waals surface area contributed by atoms with Gasteiger partial charge >= 0.3 is 12.2 Å². The van der Waals surface area contributed by atoms with E-state index < -0.39 is 40.5 Å². The number of aryl methyl sites for hydroxylation is 1. The molecule has 54 heavy (non-hydrogen) atoms. The van der Waals surface area contributed by atoms with Crippen LogP contribution in [0, 0.1) is 17.7 Å². The van der Waals surface area contributed by atoms with Crippen LogP contribution in [0.3, 0.4) is 0 Å². The molecule has 11 nitrogen and oxygen atoms in total. The highest BCUT2D eigenvalue weighted by molar-refractivity contribution is 5.94. The van der Waals surface area contributed by atoms with E-state index >= 15 is 4.39 Å². The second-order valence-electron chi connectivity index (χ2n) is 15.4. The Morgan fingerprint density at radius 2 is 1.96 bits per heavy atom. The number of nitrogens with zero attached hydrogens (tertiary/aromatic N) is 7. The van der Waals surface area contributed by atoms with Crippen LogP contribution in [-0.2, 0) is 37.0 Å². The lowest BCUT2D eigenvalue weighted by Crippen LogP contribution is -2.43. The summed E-state index contributed by atoms with van der Waals surface area (Å²) in [4.78, 5) is 29.1. The van der Waals surface area contributed by atoms with Crippen LogP contribution in [-0.4, -0.2) is 81.3 Å². The summed E-state index contributed by atoms with van der Waals surface area (Å²) in [7, 11) is 3.43. The zero-order valence-corrected chi connectivity index (χ0v) is 30.8. The normalized spacial score (nSPS) is 22.6. The van der Waals surface area contributed by atoms with E-state index in [9.17, 15) is 18.0 Å². The quantitative estimate of drug-likeness (QED) is 0.140. The summed E-state index contributed by atoms with van der Waals surface area (Å²) in [5, 5.41) is 4.80. The zero-order chi connectivity index (χ0) is 38.1. The standard InChI is InChI=1S/C39H44F4N8O3/c1-5-8-24-15-26(44)33(40)31(32(24)39(41,42)43)29-16-27-25(20-53-29)35(46-37(45-27)54-21-38-11-6-13-50(38)18-22(2)17-38)49-12-7-14-51-28(19-49)30(23-9-10-23)34(47-51)36(52)48(3)4/h15,23,29H,2,6-7,9-14,16-21,44H2,1,3-4H3/t29-,38-/m0/s1. The molecule has 286 valence electrons. The monoisotopic (exact) mass is 748 g/mol. The fourth-order valence-corrected chi connectivity index (χ4v) is 8.81. The predicted molar refractivity (Wildman–Crippen MR) is 192 cm³/mol. The largest absolute Gasteiger partial charge is 0.461 e. The van der Waals surface area contributed by atoms with Gasteiger partial charge in [-0.1, -0.05) is 18.1 Å². The number of carbonyl (C=O) groups is 1. The Labute approximate surface area is 311 Å². The fraction of sp³-hybridized carbons (Fsp3) is 0.538. The molecule has 1 saturated carbocycles. The van der Waals surface area contributed by atoms with Crippen LogP contribution in [0.4, 0.5) is 29.1 Å². The third-order valence-corrected chi connectivity index (χ3v) is 11.4. The number of amides is 1. The van der Waals surface area contributed by atoms with Crippen LogP contribution in [0.15, 0.2) is 18.2 Å². The highest BCUT2D eigenvalue weighted by Gasteiger charge is 2.47. The molecule has 2 aromatic heterocycles. The van der Waals surface area contributed by atoms with Gasteiger partial charge in [-0.05, 0) is 64.0 Å². The minimum Gasteiger partial charge on any atom is -0.461 e. The summed E-state index contributed by atoms with van der Waals surface area (Å²) in [6.45, 7) is 9.09. The Morgan fingerprint density at radius 3 is 2.69 bits per heavy atom. The van der Waals surface area contributed by atoms with Crippen LogP contribution < -0.4 is 15.4 Å². The average Bonchev–Trinajstić information content (AvgIpc) is 3.75. The SMILES string of the molecule is C=C1CN2CCC[C@@]2(COc2nc3c(c(N4CCCn5nc(C(=O)N(C)C)c(C6CC6)c5C4)n2)CO[C@H](c2c(F)c(N)cc(C#CC)c2C(F)(F)F)C3)C1. The van der Waals surface area contributed by atoms with Crippen molar-refractivity contribution in [3.8, 4) is 17.9 Å². The van der Waals surface area contributed by atoms with Crippen molar-refractivity contribution in [1.29, 1.82) is 0 Å². The summed E-state index contributed by atoms with van der Waals surface area (Å²) in [6.07, 6.45) is -1.07. The number of aromatic nitrogens is 4. The van der Waals surface area contributed by atoms with Crippen molar-refractivity contribution in [2.24, 2.45) is 0 Å². The maximum atomic E-state index is 15.8. The molecule has 6 heterocycles. The zero-order valence-electron chi connectivity index (χ0n) is 30.8. The average molecular weight is 749 g/mol. The lowest BCUT2D eigenvalue weighted by molar-refractivity contribution is -0.140. The van der Waals surface area contributed by atoms with Gasteiger partial charge < -0.3 is 25.0 Å². The summed E-state index contributed by atoms with van der Waals surface area (Å²) in [5.74, 6) is 4.37. The first-order chi connectivity index (χ1) is 25.8. The number of anilines is 2. The number of alkyl halides is 3. The minimum absolute atomic E-state index is 0.0911. The number of fused-ring (bicyclic) bond motifs is 3. The van der Waals surface area contributed by atoms with Gasteiger partial charge in [0.2, 0.25) is 0 Å². The van der Waals surface area contributed by atoms with Crippen LogP contribution in [0.1, 0.15) is 107 Å². The van der Waals surface area contributed by atoms with E-state index in [1.165, 1.54) is 6.92 Å². The number of rotatable bonds is 7. The number of carbonyl (C=O) groups excluding carboxylic acids is 1. The molecule has 3 fully saturated rings. The van der Waals surface area contributed by atoms with Gasteiger partial charge in [0.25, 0.3) is 5.91 Å². The lowest BCUT2D eigenvalue weighted by atomic mass is 9.90. The van der Waals surface area contributed by atoms with E-state index in [-0.39, 0.29) is 36.4 Å². The van der Waals surface area contributed by atoms with E-state index in [1.807, 2.05) is 4.68 Å². The summed E-state index contributed by atoms with van der Waals surface area (Å²) >= 11 is 0. The van der Waals surface area contributed by atoms with Crippen LogP contribution >= 0.6 is 0 Å². The highest BCUT2D eigenvalue weighted by Crippen LogP contribution is 2.47. The van der Waals surface area contributed by atoms with Crippen molar-refractivity contribution >= 4 is 17.4 Å². The van der Waals surface area contributed by atoms with Crippen LogP contribution in [0.5, 0.6) is 6.01 Å². The first-order valence-corrected chi connectivity index (χ1v) is 18.5. The summed E-state index contributed by atoms with van der Waals surface area (Å²) in [5.41, 5.74) is 7.44. The number of halogens is 4. The van der Waals surface area contributed by atoms with Crippen molar-refractivity contribution in [3.63, 3.8) is 0 Å². The van der Waals surface area contributed by atoms with Gasteiger partial charge in [-0.25, -0.2) is 4.39 Å². The number of nitrogen functional groups attached to an aromatic ring is 1. The van der Waals surface area contributed by atoms with Crippen molar-refractivity contribution in [1.82, 2.24) is 29.5 Å². The van der Waals surface area contributed by atoms with Crippen molar-refractivity contribution < 1.29 is 31.8 Å². The molecule has 0 unspecified atom stereocenters. The summed E-state index contributed by atoms with van der Waals surface area (Å²) in [6, 6.07) is 1.01. The second kappa shape index (κ2) is 13.6. The third-order valence-electron chi connectivity index (χ3n) is 11.4. The minimum atomic E-state index is -4.93. The molecule has 1 aliphatic carbocycles. The van der Waals surface area contributed by atoms with E-state index in [0.29, 0.717) is 55.4 Å². The van der Waals surface area contributed by atoms with Gasteiger partial charge in [-0.3, -0.25) is 14.4 Å². The molecule has 15 heteroatoms. The molecule has 3 aromatic rings. The molecule has 2 atom stereocenters. The maximum Gasteiger partial charge on any atom is 0.418 e. The number of hydrogen-bond donors (Lipinski definition) is 1. The Kier molecular flexibility index (Phi) is 9.12. The van der Waals surface area contributed by atoms with Gasteiger partial charge in [0, 0.05) is 62.4 Å². The number of benzene rings is 1. The Morgan fingerprint density at radius 1 is 1.17 bits per heavy atom. The van der Waals surface area contributed by atoms with Gasteiger partial charge in [0.1, 0.15) is 12.4 Å². The lowest BCUT2D eigenvalue weighted by Gasteiger charge is -2.33. The highest BCUT2D eigenvalue weighted by atomic mass is 19.4. The molecular formula is C39H44F4N8O3. The van der Waals surface area contributed by atoms with Crippen LogP contribution in [0.2, 0.25) is 0 Å². The van der Waals surface area contributed by atoms with Crippen molar-refractivity contribution in [3.05, 3.63) is 68.9 Å². The molecule has 1 aromatic carbocycles. The fourth-order valence-electron chi connectivity index (χ4n) is 8.81. The first kappa shape index (κ1) is 36.3. The maximum absolute atomic E-state index is 15.8. The molecule has 0 radical (unpaired) electrons. The third kappa shape index (κ3) is 6.36. The van der Waals surface area contributed by atoms with Gasteiger partial charge in [-0.2, -0.15) is 28.2 Å².